The van der Waals surface area contributed by atoms with Crippen molar-refractivity contribution in [2.75, 3.05) is 13.2 Å². The number of carbonyl (C=O) groups excluding carboxylic acids is 2. The zero-order valence-corrected chi connectivity index (χ0v) is 30.2. The van der Waals surface area contributed by atoms with Gasteiger partial charge in [0.15, 0.2) is 6.10 Å². The van der Waals surface area contributed by atoms with Gasteiger partial charge in [-0.2, -0.15) is 0 Å². The fourth-order valence-corrected chi connectivity index (χ4v) is 5.04. The zero-order chi connectivity index (χ0) is 34.9. The maximum atomic E-state index is 12.3. The minimum absolute atomic E-state index is 0.124. The lowest BCUT2D eigenvalue weighted by atomic mass is 10.1. The van der Waals surface area contributed by atoms with E-state index in [2.05, 4.69) is 47.9 Å². The van der Waals surface area contributed by atoms with Crippen LogP contribution in [0.4, 0.5) is 0 Å². The Balaban J connectivity index is 4.11. The number of esters is 2. The summed E-state index contributed by atoms with van der Waals surface area (Å²) < 4.78 is 26.2. The molecule has 0 aromatic rings. The predicted molar refractivity (Wildman–Crippen MR) is 190 cm³/mol. The molecule has 9 nitrogen and oxygen atoms in total. The van der Waals surface area contributed by atoms with Gasteiger partial charge in [-0.05, 0) is 64.7 Å². The van der Waals surface area contributed by atoms with Gasteiger partial charge in [0.25, 0.3) is 0 Å². The van der Waals surface area contributed by atoms with E-state index in [0.717, 1.165) is 57.8 Å². The number of hydrogen-bond donors (Lipinski definition) is 3. The molecule has 3 N–H and O–H groups in total. The third kappa shape index (κ3) is 36.7. The van der Waals surface area contributed by atoms with Gasteiger partial charge in [-0.1, -0.05) is 120 Å². The molecule has 0 saturated carbocycles. The summed E-state index contributed by atoms with van der Waals surface area (Å²) in [5.41, 5.74) is 0. The number of aliphatic hydroxyl groups is 1. The van der Waals surface area contributed by atoms with Crippen molar-refractivity contribution in [2.24, 2.45) is 0 Å². The standard InChI is InChI=1S/C37H65O9P/c1-3-4-5-6-7-8-14-18-21-24-27-30-36(39)44-32-35(33-45-47(41,42)43)46-37(40)31-28-25-22-19-16-13-11-9-10-12-15-17-20-23-26-29-34(2)38/h10-13,17,19-20,22,34-35,38H,3-9,14-16,18,21,23-33H2,1-2H3,(H2,41,42,43)/b12-10-,13-11-,20-17-,22-19-/t34-,35+/m0/s1. The van der Waals surface area contributed by atoms with E-state index in [-0.39, 0.29) is 25.6 Å². The Kier molecular flexibility index (Phi) is 31.1. The number of aliphatic hydroxyl groups excluding tert-OH is 1. The highest BCUT2D eigenvalue weighted by atomic mass is 31.2. The molecule has 47 heavy (non-hydrogen) atoms. The van der Waals surface area contributed by atoms with E-state index in [4.69, 9.17) is 19.3 Å². The van der Waals surface area contributed by atoms with Crippen LogP contribution in [0.1, 0.15) is 149 Å². The third-order valence-electron chi connectivity index (χ3n) is 7.37. The number of allylic oxidation sites excluding steroid dienone is 8. The first kappa shape index (κ1) is 45.0. The maximum absolute atomic E-state index is 12.3. The largest absolute Gasteiger partial charge is 0.469 e. The second-order valence-electron chi connectivity index (χ2n) is 12.1. The fraction of sp³-hybridized carbons (Fsp3) is 0.730. The molecule has 0 rings (SSSR count). The molecule has 0 radical (unpaired) electrons. The number of unbranched alkanes of at least 4 members (excludes halogenated alkanes) is 12. The summed E-state index contributed by atoms with van der Waals surface area (Å²) in [4.78, 5) is 42.6. The smallest absolute Gasteiger partial charge is 0.462 e. The SMILES string of the molecule is CCCCCCCCCCCCCC(=O)OC[C@H](COP(=O)(O)O)OC(=O)CCC/C=C\C/C=C\C/C=C\C/C=C\CCC[C@H](C)O. The van der Waals surface area contributed by atoms with Gasteiger partial charge in [0, 0.05) is 12.8 Å². The number of ether oxygens (including phenoxy) is 2. The van der Waals surface area contributed by atoms with E-state index < -0.39 is 32.5 Å². The molecule has 0 aromatic carbocycles. The Morgan fingerprint density at radius 2 is 1.11 bits per heavy atom. The Labute approximate surface area is 285 Å². The van der Waals surface area contributed by atoms with Gasteiger partial charge in [-0.3, -0.25) is 14.1 Å². The Morgan fingerprint density at radius 3 is 1.62 bits per heavy atom. The monoisotopic (exact) mass is 684 g/mol. The van der Waals surface area contributed by atoms with Gasteiger partial charge in [0.2, 0.25) is 0 Å². The Hall–Kier alpha value is -2.03. The molecule has 0 heterocycles. The van der Waals surface area contributed by atoms with Gasteiger partial charge in [0.05, 0.1) is 12.7 Å². The maximum Gasteiger partial charge on any atom is 0.469 e. The highest BCUT2D eigenvalue weighted by molar-refractivity contribution is 7.46. The molecule has 0 saturated heterocycles. The second-order valence-corrected chi connectivity index (χ2v) is 13.4. The Bertz CT molecular complexity index is 921. The quantitative estimate of drug-likeness (QED) is 0.0274. The molecule has 10 heteroatoms. The molecule has 0 aliphatic rings. The van der Waals surface area contributed by atoms with Gasteiger partial charge < -0.3 is 24.4 Å². The molecule has 2 atom stereocenters. The average molecular weight is 685 g/mol. The lowest BCUT2D eigenvalue weighted by molar-refractivity contribution is -0.161. The van der Waals surface area contributed by atoms with Crippen LogP contribution in [0.25, 0.3) is 0 Å². The summed E-state index contributed by atoms with van der Waals surface area (Å²) in [6.07, 6.45) is 35.4. The molecule has 272 valence electrons. The van der Waals surface area contributed by atoms with Crippen molar-refractivity contribution in [1.82, 2.24) is 0 Å². The lowest BCUT2D eigenvalue weighted by Crippen LogP contribution is -2.29. The first-order valence-electron chi connectivity index (χ1n) is 18.0. The molecule has 0 bridgehead atoms. The number of carbonyl (C=O) groups is 2. The molecular formula is C37H65O9P. The summed E-state index contributed by atoms with van der Waals surface area (Å²) in [5, 5.41) is 9.23. The van der Waals surface area contributed by atoms with Gasteiger partial charge in [-0.15, -0.1) is 0 Å². The number of hydrogen-bond acceptors (Lipinski definition) is 7. The van der Waals surface area contributed by atoms with Crippen molar-refractivity contribution in [3.05, 3.63) is 48.6 Å². The molecule has 0 aliphatic heterocycles. The normalized spacial score (nSPS) is 13.7. The van der Waals surface area contributed by atoms with Crippen LogP contribution in [0, 0.1) is 0 Å². The van der Waals surface area contributed by atoms with E-state index in [1.807, 2.05) is 19.1 Å². The van der Waals surface area contributed by atoms with Crippen LogP contribution >= 0.6 is 7.82 Å². The zero-order valence-electron chi connectivity index (χ0n) is 29.3. The summed E-state index contributed by atoms with van der Waals surface area (Å²) in [6, 6.07) is 0. The van der Waals surface area contributed by atoms with Crippen molar-refractivity contribution >= 4 is 19.8 Å². The summed E-state index contributed by atoms with van der Waals surface area (Å²) in [7, 11) is -4.77. The molecule has 0 unspecified atom stereocenters. The van der Waals surface area contributed by atoms with E-state index in [1.165, 1.54) is 44.9 Å². The number of phosphoric acid groups is 1. The molecular weight excluding hydrogens is 619 g/mol. The summed E-state index contributed by atoms with van der Waals surface area (Å²) >= 11 is 0. The first-order chi connectivity index (χ1) is 22.6. The van der Waals surface area contributed by atoms with Crippen LogP contribution in [0.3, 0.4) is 0 Å². The molecule has 0 spiro atoms. The van der Waals surface area contributed by atoms with E-state index in [1.54, 1.807) is 0 Å². The summed E-state index contributed by atoms with van der Waals surface area (Å²) in [6.45, 7) is 3.16. The molecule has 0 aromatic heterocycles. The predicted octanol–water partition coefficient (Wildman–Crippen LogP) is 9.37. The highest BCUT2D eigenvalue weighted by Crippen LogP contribution is 2.35. The molecule has 0 amide bonds. The van der Waals surface area contributed by atoms with Crippen molar-refractivity contribution in [3.8, 4) is 0 Å². The highest BCUT2D eigenvalue weighted by Gasteiger charge is 2.22. The number of phosphoric ester groups is 1. The van der Waals surface area contributed by atoms with Crippen molar-refractivity contribution in [2.45, 2.75) is 161 Å². The van der Waals surface area contributed by atoms with Crippen LogP contribution in [0.5, 0.6) is 0 Å². The molecule has 0 aliphatic carbocycles. The minimum atomic E-state index is -4.77. The van der Waals surface area contributed by atoms with Crippen LogP contribution in [0.2, 0.25) is 0 Å². The van der Waals surface area contributed by atoms with E-state index >= 15 is 0 Å². The van der Waals surface area contributed by atoms with Crippen LogP contribution in [-0.4, -0.2) is 52.3 Å². The van der Waals surface area contributed by atoms with Crippen molar-refractivity contribution < 1.29 is 43.0 Å². The average Bonchev–Trinajstić information content (AvgIpc) is 3.02. The molecule has 0 fully saturated rings. The van der Waals surface area contributed by atoms with Crippen LogP contribution in [-0.2, 0) is 28.2 Å². The summed E-state index contributed by atoms with van der Waals surface area (Å²) in [5.74, 6) is -0.970. The minimum Gasteiger partial charge on any atom is -0.462 e. The van der Waals surface area contributed by atoms with Gasteiger partial charge >= 0.3 is 19.8 Å². The van der Waals surface area contributed by atoms with Crippen LogP contribution < -0.4 is 0 Å². The fourth-order valence-electron chi connectivity index (χ4n) is 4.68. The number of rotatable bonds is 32. The van der Waals surface area contributed by atoms with E-state index in [0.29, 0.717) is 19.3 Å². The lowest BCUT2D eigenvalue weighted by Gasteiger charge is -2.18. The Morgan fingerprint density at radius 1 is 0.638 bits per heavy atom. The van der Waals surface area contributed by atoms with Gasteiger partial charge in [-0.25, -0.2) is 4.57 Å². The second kappa shape index (κ2) is 32.5. The van der Waals surface area contributed by atoms with Crippen LogP contribution in [0.15, 0.2) is 48.6 Å². The first-order valence-corrected chi connectivity index (χ1v) is 19.5. The van der Waals surface area contributed by atoms with Crippen molar-refractivity contribution in [1.29, 1.82) is 0 Å². The topological polar surface area (TPSA) is 140 Å². The van der Waals surface area contributed by atoms with Crippen molar-refractivity contribution in [3.63, 3.8) is 0 Å². The van der Waals surface area contributed by atoms with Gasteiger partial charge in [0.1, 0.15) is 6.61 Å². The van der Waals surface area contributed by atoms with E-state index in [9.17, 15) is 19.3 Å². The third-order valence-corrected chi connectivity index (χ3v) is 7.85.